The summed E-state index contributed by atoms with van der Waals surface area (Å²) in [6, 6.07) is 6.82. The molecule has 1 aromatic heterocycles. The number of nitrogens with one attached hydrogen (secondary N) is 2. The molecular formula is C21H15F7N4O4S. The van der Waals surface area contributed by atoms with Gasteiger partial charge in [0.15, 0.2) is 17.3 Å². The highest BCUT2D eigenvalue weighted by Gasteiger charge is 2.38. The van der Waals surface area contributed by atoms with Gasteiger partial charge in [0.05, 0.1) is 9.73 Å². The number of alkyl halides is 6. The van der Waals surface area contributed by atoms with Crippen LogP contribution in [0.25, 0.3) is 0 Å². The monoisotopic (exact) mass is 552 g/mol. The highest BCUT2D eigenvalue weighted by molar-refractivity contribution is 7.91. The first-order chi connectivity index (χ1) is 17.0. The highest BCUT2D eigenvalue weighted by Crippen LogP contribution is 2.36. The van der Waals surface area contributed by atoms with Crippen molar-refractivity contribution in [3.05, 3.63) is 65.1 Å². The number of halogens is 7. The number of rotatable bonds is 6. The van der Waals surface area contributed by atoms with Gasteiger partial charge in [-0.3, -0.25) is 4.79 Å². The maximum Gasteiger partial charge on any atom is 0.573 e. The lowest BCUT2D eigenvalue weighted by Crippen LogP contribution is -2.21. The second kappa shape index (κ2) is 9.84. The molecule has 0 aliphatic carbocycles. The van der Waals surface area contributed by atoms with Crippen molar-refractivity contribution in [3.8, 4) is 17.4 Å². The van der Waals surface area contributed by atoms with Crippen LogP contribution in [0.3, 0.4) is 0 Å². The topological polar surface area (TPSA) is 114 Å². The molecule has 1 amide bonds. The van der Waals surface area contributed by atoms with Crippen LogP contribution in [0.15, 0.2) is 47.4 Å². The summed E-state index contributed by atoms with van der Waals surface area (Å²) >= 11 is 0. The summed E-state index contributed by atoms with van der Waals surface area (Å²) in [4.78, 5) is 13.0. The Morgan fingerprint density at radius 2 is 1.73 bits per heavy atom. The number of hydrogen-bond acceptors (Lipinski definition) is 7. The predicted octanol–water partition coefficient (Wildman–Crippen LogP) is 5.92. The molecule has 0 fully saturated rings. The van der Waals surface area contributed by atoms with E-state index in [1.807, 2.05) is 0 Å². The summed E-state index contributed by atoms with van der Waals surface area (Å²) in [5, 5.41) is 8.50. The number of hydrogen-bond donors (Lipinski definition) is 2. The molecule has 0 radical (unpaired) electrons. The van der Waals surface area contributed by atoms with Crippen molar-refractivity contribution in [1.29, 1.82) is 4.78 Å². The average molecular weight is 552 g/mol. The molecule has 1 atom stereocenters. The standard InChI is InChI=1S/C21H15F7N4O4S/c1-10-16(18(33)30-11-4-3-5-13(8-11)37(2,29)34)19(32-31-17(10)20(23,24)25)35-15-7-6-12(9-14(15)22)36-21(26,27)28/h3-9,29H,1-2H3,(H,30,33). The molecule has 0 spiro atoms. The van der Waals surface area contributed by atoms with Gasteiger partial charge >= 0.3 is 12.5 Å². The van der Waals surface area contributed by atoms with Gasteiger partial charge in [-0.25, -0.2) is 13.4 Å². The Kier molecular flexibility index (Phi) is 7.35. The van der Waals surface area contributed by atoms with Gasteiger partial charge < -0.3 is 14.8 Å². The zero-order valence-electron chi connectivity index (χ0n) is 18.6. The van der Waals surface area contributed by atoms with E-state index >= 15 is 0 Å². The predicted molar refractivity (Wildman–Crippen MR) is 114 cm³/mol. The van der Waals surface area contributed by atoms with Gasteiger partial charge in [0.1, 0.15) is 11.3 Å². The van der Waals surface area contributed by atoms with E-state index in [9.17, 15) is 39.7 Å². The molecule has 1 unspecified atom stereocenters. The van der Waals surface area contributed by atoms with E-state index in [0.29, 0.717) is 18.2 Å². The maximum atomic E-state index is 14.4. The molecule has 0 saturated heterocycles. The molecule has 0 aliphatic heterocycles. The van der Waals surface area contributed by atoms with Crippen LogP contribution in [-0.2, 0) is 15.9 Å². The molecule has 37 heavy (non-hydrogen) atoms. The Bertz CT molecular complexity index is 1460. The zero-order chi connectivity index (χ0) is 27.8. The average Bonchev–Trinajstić information content (AvgIpc) is 2.73. The van der Waals surface area contributed by atoms with Gasteiger partial charge in [-0.05, 0) is 42.8 Å². The van der Waals surface area contributed by atoms with E-state index in [-0.39, 0.29) is 10.6 Å². The van der Waals surface area contributed by atoms with Crippen LogP contribution in [0.4, 0.5) is 36.4 Å². The van der Waals surface area contributed by atoms with E-state index in [4.69, 9.17) is 9.52 Å². The molecule has 2 N–H and O–H groups in total. The first-order valence-corrected chi connectivity index (χ1v) is 11.7. The fourth-order valence-corrected chi connectivity index (χ4v) is 3.67. The lowest BCUT2D eigenvalue weighted by molar-refractivity contribution is -0.274. The third-order valence-corrected chi connectivity index (χ3v) is 5.72. The van der Waals surface area contributed by atoms with Gasteiger partial charge in [0.2, 0.25) is 0 Å². The van der Waals surface area contributed by atoms with Crippen molar-refractivity contribution in [1.82, 2.24) is 10.2 Å². The zero-order valence-corrected chi connectivity index (χ0v) is 19.4. The lowest BCUT2D eigenvalue weighted by Gasteiger charge is -2.16. The summed E-state index contributed by atoms with van der Waals surface area (Å²) in [7, 11) is -3.20. The fourth-order valence-electron chi connectivity index (χ4n) is 2.98. The van der Waals surface area contributed by atoms with E-state index in [1.165, 1.54) is 24.3 Å². The van der Waals surface area contributed by atoms with Crippen LogP contribution in [0.2, 0.25) is 0 Å². The SMILES string of the molecule is Cc1c(C(F)(F)F)nnc(Oc2ccc(OC(F)(F)F)cc2F)c1C(=O)Nc1cccc(S(C)(=N)=O)c1. The van der Waals surface area contributed by atoms with Crippen LogP contribution in [0.1, 0.15) is 21.6 Å². The van der Waals surface area contributed by atoms with E-state index in [1.54, 1.807) is 0 Å². The van der Waals surface area contributed by atoms with Crippen molar-refractivity contribution in [2.75, 3.05) is 11.6 Å². The minimum absolute atomic E-state index is 0.0190. The Labute approximate surface area is 204 Å². The Morgan fingerprint density at radius 1 is 1.05 bits per heavy atom. The maximum absolute atomic E-state index is 14.4. The number of carbonyl (C=O) groups excluding carboxylic acids is 1. The fraction of sp³-hybridized carbons (Fsp3) is 0.190. The summed E-state index contributed by atoms with van der Waals surface area (Å²) < 4.78 is 120. The summed E-state index contributed by atoms with van der Waals surface area (Å²) in [6.45, 7) is 0.884. The second-order valence-electron chi connectivity index (χ2n) is 7.42. The van der Waals surface area contributed by atoms with Crippen LogP contribution in [0, 0.1) is 17.5 Å². The van der Waals surface area contributed by atoms with Gasteiger partial charge in [-0.15, -0.1) is 23.4 Å². The largest absolute Gasteiger partial charge is 0.573 e. The van der Waals surface area contributed by atoms with Crippen molar-refractivity contribution in [2.24, 2.45) is 0 Å². The molecule has 0 saturated carbocycles. The molecular weight excluding hydrogens is 537 g/mol. The van der Waals surface area contributed by atoms with Crippen molar-refractivity contribution in [2.45, 2.75) is 24.4 Å². The summed E-state index contributed by atoms with van der Waals surface area (Å²) in [5.74, 6) is -5.24. The summed E-state index contributed by atoms with van der Waals surface area (Å²) in [5.41, 5.74) is -3.15. The summed E-state index contributed by atoms with van der Waals surface area (Å²) in [6.07, 6.45) is -9.03. The Hall–Kier alpha value is -3.95. The van der Waals surface area contributed by atoms with Crippen LogP contribution in [0.5, 0.6) is 17.4 Å². The van der Waals surface area contributed by atoms with Crippen molar-refractivity contribution in [3.63, 3.8) is 0 Å². The quantitative estimate of drug-likeness (QED) is 0.367. The van der Waals surface area contributed by atoms with Gasteiger partial charge in [0.25, 0.3) is 11.8 Å². The van der Waals surface area contributed by atoms with Crippen LogP contribution in [-0.4, -0.2) is 32.9 Å². The van der Waals surface area contributed by atoms with Crippen molar-refractivity contribution < 1.29 is 49.2 Å². The third kappa shape index (κ3) is 6.84. The molecule has 0 aliphatic rings. The number of amides is 1. The van der Waals surface area contributed by atoms with E-state index < -0.39 is 68.2 Å². The Morgan fingerprint density at radius 3 is 2.30 bits per heavy atom. The van der Waals surface area contributed by atoms with E-state index in [2.05, 4.69) is 20.3 Å². The number of anilines is 1. The number of benzene rings is 2. The Balaban J connectivity index is 2.04. The number of aromatic nitrogens is 2. The number of ether oxygens (including phenoxy) is 2. The first-order valence-electron chi connectivity index (χ1n) is 9.78. The van der Waals surface area contributed by atoms with Crippen LogP contribution >= 0.6 is 0 Å². The molecule has 198 valence electrons. The molecule has 1 heterocycles. The molecule has 3 aromatic rings. The minimum atomic E-state index is -5.11. The lowest BCUT2D eigenvalue weighted by atomic mass is 10.1. The number of nitrogens with zero attached hydrogens (tertiary/aromatic N) is 2. The third-order valence-electron chi connectivity index (χ3n) is 4.57. The molecule has 0 bridgehead atoms. The van der Waals surface area contributed by atoms with E-state index in [0.717, 1.165) is 13.2 Å². The van der Waals surface area contributed by atoms with Crippen LogP contribution < -0.4 is 14.8 Å². The number of carbonyl (C=O) groups is 1. The highest BCUT2D eigenvalue weighted by atomic mass is 32.2. The first kappa shape index (κ1) is 27.6. The minimum Gasteiger partial charge on any atom is -0.434 e. The van der Waals surface area contributed by atoms with Crippen molar-refractivity contribution >= 4 is 21.3 Å². The van der Waals surface area contributed by atoms with Gasteiger partial charge in [-0.2, -0.15) is 13.2 Å². The molecule has 16 heteroatoms. The molecule has 2 aromatic carbocycles. The van der Waals surface area contributed by atoms with Gasteiger partial charge in [-0.1, -0.05) is 6.07 Å². The van der Waals surface area contributed by atoms with Gasteiger partial charge in [0, 0.05) is 22.9 Å². The second-order valence-corrected chi connectivity index (χ2v) is 9.58. The molecule has 8 nitrogen and oxygen atoms in total. The smallest absolute Gasteiger partial charge is 0.434 e. The normalized spacial score (nSPS) is 13.5. The molecule has 3 rings (SSSR count).